The second-order valence-corrected chi connectivity index (χ2v) is 8.08. The molecular weight excluding hydrogens is 346 g/mol. The molecule has 4 rings (SSSR count). The number of hydrogen-bond donors (Lipinski definition) is 2. The highest BCUT2D eigenvalue weighted by molar-refractivity contribution is 5.80. The van der Waals surface area contributed by atoms with Gasteiger partial charge in [0.1, 0.15) is 6.10 Å². The predicted molar refractivity (Wildman–Crippen MR) is 98.3 cm³/mol. The van der Waals surface area contributed by atoms with Crippen molar-refractivity contribution in [3.8, 4) is 5.88 Å². The molecule has 0 spiro atoms. The molecule has 2 amide bonds. The first-order chi connectivity index (χ1) is 13.1. The van der Waals surface area contributed by atoms with Gasteiger partial charge in [-0.1, -0.05) is 12.5 Å². The van der Waals surface area contributed by atoms with Gasteiger partial charge in [-0.3, -0.25) is 4.79 Å². The molecule has 7 nitrogen and oxygen atoms in total. The van der Waals surface area contributed by atoms with Crippen LogP contribution in [0.2, 0.25) is 0 Å². The Bertz CT molecular complexity index is 719. The second kappa shape index (κ2) is 7.37. The molecule has 1 aliphatic heterocycles. The summed E-state index contributed by atoms with van der Waals surface area (Å²) in [6.07, 6.45) is 8.87. The summed E-state index contributed by atoms with van der Waals surface area (Å²) in [6, 6.07) is 3.54. The van der Waals surface area contributed by atoms with E-state index in [2.05, 4.69) is 10.3 Å². The summed E-state index contributed by atoms with van der Waals surface area (Å²) >= 11 is 0. The monoisotopic (exact) mass is 373 g/mol. The average Bonchev–Trinajstić information content (AvgIpc) is 3.36. The van der Waals surface area contributed by atoms with Gasteiger partial charge in [0.25, 0.3) is 0 Å². The molecule has 0 unspecified atom stereocenters. The topological polar surface area (TPSA) is 91.8 Å². The van der Waals surface area contributed by atoms with Gasteiger partial charge in [0, 0.05) is 31.4 Å². The van der Waals surface area contributed by atoms with E-state index in [1.54, 1.807) is 11.1 Å². The summed E-state index contributed by atoms with van der Waals surface area (Å²) in [5, 5.41) is 12.6. The summed E-state index contributed by atoms with van der Waals surface area (Å²) in [4.78, 5) is 30.4. The Morgan fingerprint density at radius 1 is 1.30 bits per heavy atom. The lowest BCUT2D eigenvalue weighted by atomic mass is 9.81. The Morgan fingerprint density at radius 3 is 2.85 bits per heavy atom. The number of nitrogens with one attached hydrogen (secondary N) is 1. The highest BCUT2D eigenvalue weighted by Gasteiger charge is 2.55. The molecule has 3 aliphatic rings. The lowest BCUT2D eigenvalue weighted by Gasteiger charge is -2.23. The molecule has 2 atom stereocenters. The maximum absolute atomic E-state index is 12.6. The van der Waals surface area contributed by atoms with Crippen LogP contribution < -0.4 is 10.1 Å². The number of carboxylic acids is 1. The lowest BCUT2D eigenvalue weighted by Crippen LogP contribution is -2.41. The van der Waals surface area contributed by atoms with Gasteiger partial charge in [0.05, 0.1) is 5.41 Å². The normalized spacial score (nSPS) is 27.6. The lowest BCUT2D eigenvalue weighted by molar-refractivity contribution is -0.149. The zero-order valence-corrected chi connectivity index (χ0v) is 15.5. The van der Waals surface area contributed by atoms with Crippen molar-refractivity contribution in [1.82, 2.24) is 15.2 Å². The fraction of sp³-hybridized carbons (Fsp3) is 0.650. The van der Waals surface area contributed by atoms with Crippen molar-refractivity contribution < 1.29 is 19.4 Å². The minimum atomic E-state index is -0.764. The number of carboxylic acid groups (broad SMARTS) is 1. The zero-order chi connectivity index (χ0) is 18.9. The van der Waals surface area contributed by atoms with Gasteiger partial charge in [-0.2, -0.15) is 0 Å². The fourth-order valence-corrected chi connectivity index (χ4v) is 4.91. The van der Waals surface area contributed by atoms with Crippen molar-refractivity contribution in [1.29, 1.82) is 0 Å². The molecular formula is C20H27N3O4. The van der Waals surface area contributed by atoms with E-state index in [-0.39, 0.29) is 18.1 Å². The van der Waals surface area contributed by atoms with Gasteiger partial charge in [-0.15, -0.1) is 0 Å². The van der Waals surface area contributed by atoms with Crippen molar-refractivity contribution in [3.63, 3.8) is 0 Å². The van der Waals surface area contributed by atoms with Crippen LogP contribution in [0.3, 0.4) is 0 Å². The van der Waals surface area contributed by atoms with E-state index in [4.69, 9.17) is 4.74 Å². The van der Waals surface area contributed by atoms with Crippen LogP contribution in [0.15, 0.2) is 18.3 Å². The molecule has 1 saturated heterocycles. The van der Waals surface area contributed by atoms with Gasteiger partial charge >= 0.3 is 12.0 Å². The van der Waals surface area contributed by atoms with Gasteiger partial charge < -0.3 is 20.1 Å². The van der Waals surface area contributed by atoms with Crippen molar-refractivity contribution >= 4 is 12.0 Å². The van der Waals surface area contributed by atoms with Gasteiger partial charge in [0.15, 0.2) is 0 Å². The number of fused-ring (bicyclic) bond motifs is 1. The number of hydrogen-bond acceptors (Lipinski definition) is 4. The number of rotatable bonds is 5. The number of aromatic nitrogens is 1. The predicted octanol–water partition coefficient (Wildman–Crippen LogP) is 2.80. The Hall–Kier alpha value is -2.31. The first kappa shape index (κ1) is 18.1. The first-order valence-electron chi connectivity index (χ1n) is 9.95. The van der Waals surface area contributed by atoms with Crippen LogP contribution in [-0.2, 0) is 11.3 Å². The van der Waals surface area contributed by atoms with E-state index < -0.39 is 11.4 Å². The van der Waals surface area contributed by atoms with E-state index in [9.17, 15) is 14.7 Å². The van der Waals surface area contributed by atoms with E-state index in [1.807, 2.05) is 12.1 Å². The Morgan fingerprint density at radius 2 is 2.11 bits per heavy atom. The maximum atomic E-state index is 12.6. The van der Waals surface area contributed by atoms with Crippen LogP contribution in [0.5, 0.6) is 5.88 Å². The van der Waals surface area contributed by atoms with Crippen LogP contribution in [0.1, 0.15) is 50.5 Å². The fourth-order valence-electron chi connectivity index (χ4n) is 4.91. The number of likely N-dealkylation sites (tertiary alicyclic amines) is 1. The number of aliphatic carboxylic acids is 1. The molecule has 2 heterocycles. The molecule has 0 aromatic carbocycles. The van der Waals surface area contributed by atoms with Crippen molar-refractivity contribution in [2.75, 3.05) is 13.1 Å². The van der Waals surface area contributed by atoms with Crippen molar-refractivity contribution in [3.05, 3.63) is 23.9 Å². The number of pyridine rings is 1. The zero-order valence-electron chi connectivity index (χ0n) is 15.5. The third-order valence-electron chi connectivity index (χ3n) is 6.44. The number of amides is 2. The van der Waals surface area contributed by atoms with Crippen LogP contribution in [0.25, 0.3) is 0 Å². The standard InChI is InChI=1S/C20H27N3O4/c24-18(25)20-9-3-6-15(20)12-23(13-20)19(26)22-11-14-5-4-10-21-17(14)27-16-7-1-2-8-16/h4-5,10,15-16H,1-3,6-9,11-13H2,(H,22,26)(H,24,25)/t15-,20+/m0/s1. The summed E-state index contributed by atoms with van der Waals surface area (Å²) in [6.45, 7) is 1.16. The smallest absolute Gasteiger partial charge is 0.317 e. The summed E-state index contributed by atoms with van der Waals surface area (Å²) in [7, 11) is 0. The second-order valence-electron chi connectivity index (χ2n) is 8.08. The van der Waals surface area contributed by atoms with Crippen LogP contribution >= 0.6 is 0 Å². The third-order valence-corrected chi connectivity index (χ3v) is 6.44. The molecule has 0 radical (unpaired) electrons. The highest BCUT2D eigenvalue weighted by atomic mass is 16.5. The minimum Gasteiger partial charge on any atom is -0.481 e. The third kappa shape index (κ3) is 3.47. The Balaban J connectivity index is 1.37. The summed E-state index contributed by atoms with van der Waals surface area (Å²) < 4.78 is 6.02. The summed E-state index contributed by atoms with van der Waals surface area (Å²) in [5.74, 6) is -0.106. The van der Waals surface area contributed by atoms with Gasteiger partial charge in [0.2, 0.25) is 5.88 Å². The van der Waals surface area contributed by atoms with Gasteiger partial charge in [-0.25, -0.2) is 9.78 Å². The molecule has 2 aliphatic carbocycles. The minimum absolute atomic E-state index is 0.0698. The molecule has 3 fully saturated rings. The molecule has 2 N–H and O–H groups in total. The Kier molecular flexibility index (Phi) is 4.93. The average molecular weight is 373 g/mol. The quantitative estimate of drug-likeness (QED) is 0.828. The molecule has 27 heavy (non-hydrogen) atoms. The molecule has 146 valence electrons. The maximum Gasteiger partial charge on any atom is 0.317 e. The number of nitrogens with zero attached hydrogens (tertiary/aromatic N) is 2. The van der Waals surface area contributed by atoms with E-state index in [0.29, 0.717) is 31.9 Å². The number of carbonyl (C=O) groups is 2. The van der Waals surface area contributed by atoms with Gasteiger partial charge in [-0.05, 0) is 50.5 Å². The molecule has 1 aromatic rings. The Labute approximate surface area is 159 Å². The molecule has 2 saturated carbocycles. The summed E-state index contributed by atoms with van der Waals surface area (Å²) in [5.41, 5.74) is 0.104. The molecule has 1 aromatic heterocycles. The van der Waals surface area contributed by atoms with E-state index in [0.717, 1.165) is 31.2 Å². The first-order valence-corrected chi connectivity index (χ1v) is 9.95. The van der Waals surface area contributed by atoms with Crippen LogP contribution in [-0.4, -0.2) is 46.2 Å². The number of carbonyl (C=O) groups excluding carboxylic acids is 1. The van der Waals surface area contributed by atoms with E-state index in [1.165, 1.54) is 12.8 Å². The SMILES string of the molecule is O=C(NCc1cccnc1OC1CCCC1)N1C[C@@H]2CCC[C@@]2(C(=O)O)C1. The van der Waals surface area contributed by atoms with Crippen molar-refractivity contribution in [2.45, 2.75) is 57.6 Å². The van der Waals surface area contributed by atoms with E-state index >= 15 is 0 Å². The van der Waals surface area contributed by atoms with Crippen LogP contribution in [0.4, 0.5) is 4.79 Å². The van der Waals surface area contributed by atoms with Crippen LogP contribution in [0, 0.1) is 11.3 Å². The number of ether oxygens (including phenoxy) is 1. The molecule has 7 heteroatoms. The largest absolute Gasteiger partial charge is 0.481 e. The highest BCUT2D eigenvalue weighted by Crippen LogP contribution is 2.48. The molecule has 0 bridgehead atoms. The number of urea groups is 1. The van der Waals surface area contributed by atoms with Crippen molar-refractivity contribution in [2.24, 2.45) is 11.3 Å².